The van der Waals surface area contributed by atoms with Gasteiger partial charge in [0.05, 0.1) is 23.2 Å². The van der Waals surface area contributed by atoms with Gasteiger partial charge in [0.15, 0.2) is 5.43 Å². The summed E-state index contributed by atoms with van der Waals surface area (Å²) in [5.41, 5.74) is 3.78. The van der Waals surface area contributed by atoms with E-state index in [-0.39, 0.29) is 5.43 Å². The maximum atomic E-state index is 12.8. The fraction of sp³-hybridized carbons (Fsp3) is 0.211. The number of fused-ring (bicyclic) bond motifs is 1. The van der Waals surface area contributed by atoms with Crippen molar-refractivity contribution < 1.29 is 4.90 Å². The SMILES string of the molecule is Cc1[nH]c2c(Cl)cccc2c(=O)c1C[NH+](C)Cc1ccccc1. The second-order valence-corrected chi connectivity index (χ2v) is 6.42. The molecule has 3 nitrogen and oxygen atoms in total. The van der Waals surface area contributed by atoms with E-state index < -0.39 is 0 Å². The molecule has 0 bridgehead atoms. The molecule has 1 unspecified atom stereocenters. The van der Waals surface area contributed by atoms with Crippen LogP contribution < -0.4 is 10.3 Å². The van der Waals surface area contributed by atoms with Crippen LogP contribution in [0.15, 0.2) is 53.3 Å². The highest BCUT2D eigenvalue weighted by Gasteiger charge is 2.15. The highest BCUT2D eigenvalue weighted by atomic mass is 35.5. The van der Waals surface area contributed by atoms with Crippen molar-refractivity contribution in [1.82, 2.24) is 4.98 Å². The molecule has 2 aromatic carbocycles. The van der Waals surface area contributed by atoms with Crippen molar-refractivity contribution in [2.45, 2.75) is 20.0 Å². The van der Waals surface area contributed by atoms with Gasteiger partial charge in [-0.3, -0.25) is 4.79 Å². The van der Waals surface area contributed by atoms with Crippen LogP contribution in [0, 0.1) is 6.92 Å². The molecular formula is C19H20ClN2O+. The molecule has 23 heavy (non-hydrogen) atoms. The molecule has 2 N–H and O–H groups in total. The van der Waals surface area contributed by atoms with Crippen molar-refractivity contribution in [1.29, 1.82) is 0 Å². The first-order chi connectivity index (χ1) is 11.1. The van der Waals surface area contributed by atoms with Gasteiger partial charge in [-0.15, -0.1) is 0 Å². The van der Waals surface area contributed by atoms with Gasteiger partial charge in [-0.05, 0) is 19.1 Å². The normalized spacial score (nSPS) is 12.5. The summed E-state index contributed by atoms with van der Waals surface area (Å²) in [6.45, 7) is 3.50. The summed E-state index contributed by atoms with van der Waals surface area (Å²) >= 11 is 6.19. The summed E-state index contributed by atoms with van der Waals surface area (Å²) in [5, 5.41) is 1.24. The van der Waals surface area contributed by atoms with Gasteiger partial charge in [-0.1, -0.05) is 48.0 Å². The van der Waals surface area contributed by atoms with E-state index in [0.29, 0.717) is 17.0 Å². The van der Waals surface area contributed by atoms with Crippen LogP contribution in [0.2, 0.25) is 5.02 Å². The van der Waals surface area contributed by atoms with Crippen LogP contribution in [0.4, 0.5) is 0 Å². The van der Waals surface area contributed by atoms with Gasteiger partial charge in [0.2, 0.25) is 0 Å². The summed E-state index contributed by atoms with van der Waals surface area (Å²) in [6, 6.07) is 15.8. The van der Waals surface area contributed by atoms with Crippen LogP contribution in [-0.2, 0) is 13.1 Å². The summed E-state index contributed by atoms with van der Waals surface area (Å²) < 4.78 is 0. The Balaban J connectivity index is 1.92. The lowest BCUT2D eigenvalue weighted by Crippen LogP contribution is -3.06. The van der Waals surface area contributed by atoms with E-state index in [1.54, 1.807) is 6.07 Å². The van der Waals surface area contributed by atoms with E-state index in [4.69, 9.17) is 11.6 Å². The number of benzene rings is 2. The van der Waals surface area contributed by atoms with Crippen molar-refractivity contribution in [3.8, 4) is 0 Å². The van der Waals surface area contributed by atoms with Gasteiger partial charge in [0, 0.05) is 16.6 Å². The number of pyridine rings is 1. The van der Waals surface area contributed by atoms with Gasteiger partial charge in [-0.2, -0.15) is 0 Å². The van der Waals surface area contributed by atoms with Gasteiger partial charge in [0.25, 0.3) is 0 Å². The second-order valence-electron chi connectivity index (χ2n) is 6.02. The smallest absolute Gasteiger partial charge is 0.198 e. The molecule has 4 heteroatoms. The number of aromatic amines is 1. The van der Waals surface area contributed by atoms with Crippen LogP contribution >= 0.6 is 11.6 Å². The number of aryl methyl sites for hydroxylation is 1. The van der Waals surface area contributed by atoms with E-state index in [1.807, 2.05) is 37.3 Å². The van der Waals surface area contributed by atoms with Crippen LogP contribution in [0.5, 0.6) is 0 Å². The van der Waals surface area contributed by atoms with E-state index in [2.05, 4.69) is 24.2 Å². The molecule has 0 spiro atoms. The number of rotatable bonds is 4. The minimum atomic E-state index is 0.0751. The standard InChI is InChI=1S/C19H19ClN2O/c1-13-16(12-22(2)11-14-7-4-3-5-8-14)19(23)15-9-6-10-17(20)18(15)21-13/h3-10H,11-12H2,1-2H3,(H,21,23)/p+1. The van der Waals surface area contributed by atoms with Crippen molar-refractivity contribution in [3.63, 3.8) is 0 Å². The maximum absolute atomic E-state index is 12.8. The lowest BCUT2D eigenvalue weighted by atomic mass is 10.1. The van der Waals surface area contributed by atoms with E-state index >= 15 is 0 Å². The van der Waals surface area contributed by atoms with E-state index in [0.717, 1.165) is 23.3 Å². The average molecular weight is 328 g/mol. The average Bonchev–Trinajstić information content (AvgIpc) is 2.53. The topological polar surface area (TPSA) is 37.3 Å². The van der Waals surface area contributed by atoms with Gasteiger partial charge in [0.1, 0.15) is 13.1 Å². The molecule has 0 saturated heterocycles. The lowest BCUT2D eigenvalue weighted by molar-refractivity contribution is -0.907. The molecule has 1 aromatic heterocycles. The fourth-order valence-electron chi connectivity index (χ4n) is 2.96. The highest BCUT2D eigenvalue weighted by Crippen LogP contribution is 2.20. The molecule has 0 fully saturated rings. The summed E-state index contributed by atoms with van der Waals surface area (Å²) in [7, 11) is 2.11. The van der Waals surface area contributed by atoms with Gasteiger partial charge < -0.3 is 9.88 Å². The first-order valence-corrected chi connectivity index (χ1v) is 8.09. The third-order valence-electron chi connectivity index (χ3n) is 4.12. The maximum Gasteiger partial charge on any atom is 0.198 e. The summed E-state index contributed by atoms with van der Waals surface area (Å²) in [4.78, 5) is 17.4. The van der Waals surface area contributed by atoms with E-state index in [9.17, 15) is 4.79 Å². The molecule has 0 aliphatic carbocycles. The first kappa shape index (κ1) is 15.8. The molecule has 3 aromatic rings. The lowest BCUT2D eigenvalue weighted by Gasteiger charge is -2.16. The van der Waals surface area contributed by atoms with Crippen LogP contribution in [0.25, 0.3) is 10.9 Å². The zero-order valence-corrected chi connectivity index (χ0v) is 14.1. The van der Waals surface area contributed by atoms with Crippen molar-refractivity contribution in [2.24, 2.45) is 0 Å². The fourth-order valence-corrected chi connectivity index (χ4v) is 3.18. The molecule has 118 valence electrons. The minimum absolute atomic E-state index is 0.0751. The Hall–Kier alpha value is -2.10. The highest BCUT2D eigenvalue weighted by molar-refractivity contribution is 6.35. The second kappa shape index (κ2) is 6.57. The zero-order chi connectivity index (χ0) is 16.4. The number of aromatic nitrogens is 1. The Bertz CT molecular complexity index is 887. The van der Waals surface area contributed by atoms with Crippen molar-refractivity contribution >= 4 is 22.5 Å². The summed E-state index contributed by atoms with van der Waals surface area (Å²) in [5.74, 6) is 0. The Labute approximate surface area is 140 Å². The molecule has 1 atom stereocenters. The molecule has 0 radical (unpaired) electrons. The van der Waals surface area contributed by atoms with Crippen molar-refractivity contribution in [3.05, 3.63) is 80.6 Å². The van der Waals surface area contributed by atoms with Gasteiger partial charge >= 0.3 is 0 Å². The molecule has 0 aliphatic rings. The molecule has 3 rings (SSSR count). The predicted molar refractivity (Wildman–Crippen MR) is 95.1 cm³/mol. The summed E-state index contributed by atoms with van der Waals surface area (Å²) in [6.07, 6.45) is 0. The Morgan fingerprint density at radius 2 is 1.78 bits per heavy atom. The third-order valence-corrected chi connectivity index (χ3v) is 4.44. The Morgan fingerprint density at radius 3 is 2.52 bits per heavy atom. The molecule has 0 saturated carbocycles. The largest absolute Gasteiger partial charge is 0.357 e. The number of hydrogen-bond donors (Lipinski definition) is 2. The number of quaternary nitrogens is 1. The first-order valence-electron chi connectivity index (χ1n) is 7.71. The van der Waals surface area contributed by atoms with E-state index in [1.165, 1.54) is 10.5 Å². The number of hydrogen-bond acceptors (Lipinski definition) is 1. The number of para-hydroxylation sites is 1. The van der Waals surface area contributed by atoms with Crippen molar-refractivity contribution in [2.75, 3.05) is 7.05 Å². The molecular weight excluding hydrogens is 308 g/mol. The Morgan fingerprint density at radius 1 is 1.04 bits per heavy atom. The zero-order valence-electron chi connectivity index (χ0n) is 13.3. The quantitative estimate of drug-likeness (QED) is 0.759. The number of nitrogens with one attached hydrogen (secondary N) is 2. The Kier molecular flexibility index (Phi) is 4.51. The molecule has 1 heterocycles. The monoisotopic (exact) mass is 327 g/mol. The number of H-pyrrole nitrogens is 1. The third kappa shape index (κ3) is 3.31. The van der Waals surface area contributed by atoms with Crippen LogP contribution in [-0.4, -0.2) is 12.0 Å². The van der Waals surface area contributed by atoms with Gasteiger partial charge in [-0.25, -0.2) is 0 Å². The molecule has 0 aliphatic heterocycles. The molecule has 0 amide bonds. The minimum Gasteiger partial charge on any atom is -0.357 e. The number of halogens is 1. The van der Waals surface area contributed by atoms with Crippen LogP contribution in [0.3, 0.4) is 0 Å². The predicted octanol–water partition coefficient (Wildman–Crippen LogP) is 2.70. The van der Waals surface area contributed by atoms with Crippen LogP contribution in [0.1, 0.15) is 16.8 Å².